The summed E-state index contributed by atoms with van der Waals surface area (Å²) in [6.07, 6.45) is 0. The van der Waals surface area contributed by atoms with Gasteiger partial charge in [-0.2, -0.15) is 0 Å². The first-order valence-electron chi connectivity index (χ1n) is 9.51. The molecule has 31 heavy (non-hydrogen) atoms. The maximum Gasteiger partial charge on any atom is 0.329 e. The normalized spacial score (nSPS) is 10.9. The van der Waals surface area contributed by atoms with Crippen LogP contribution in [-0.4, -0.2) is 53.2 Å². The van der Waals surface area contributed by atoms with Gasteiger partial charge in [-0.1, -0.05) is 0 Å². The molecule has 0 fully saturated rings. The molecule has 0 aromatic heterocycles. The van der Waals surface area contributed by atoms with E-state index in [1.165, 1.54) is 0 Å². The van der Waals surface area contributed by atoms with Crippen molar-refractivity contribution in [2.45, 2.75) is 13.5 Å². The zero-order chi connectivity index (χ0) is 22.7. The lowest BCUT2D eigenvalue weighted by molar-refractivity contribution is -0.142. The summed E-state index contributed by atoms with van der Waals surface area (Å²) in [7, 11) is 7.90. The fourth-order valence-electron chi connectivity index (χ4n) is 3.93. The van der Waals surface area contributed by atoms with Crippen molar-refractivity contribution in [2.75, 3.05) is 42.2 Å². The van der Waals surface area contributed by atoms with Crippen LogP contribution >= 0.6 is 0 Å². The molecule has 0 spiro atoms. The molecule has 1 N–H and O–H groups in total. The molecule has 8 nitrogen and oxygen atoms in total. The average Bonchev–Trinajstić information content (AvgIpc) is 2.77. The summed E-state index contributed by atoms with van der Waals surface area (Å²) >= 11 is 0. The summed E-state index contributed by atoms with van der Waals surface area (Å²) in [4.78, 5) is 10.9. The smallest absolute Gasteiger partial charge is 0.329 e. The van der Waals surface area contributed by atoms with E-state index in [4.69, 9.17) is 33.5 Å². The molecule has 0 aliphatic heterocycles. The van der Waals surface area contributed by atoms with Crippen LogP contribution < -0.4 is 23.7 Å². The number of aryl methyl sites for hydroxylation is 1. The van der Waals surface area contributed by atoms with Gasteiger partial charge in [0.15, 0.2) is 0 Å². The monoisotopic (exact) mass is 430 g/mol. The second kappa shape index (κ2) is 9.18. The van der Waals surface area contributed by atoms with Crippen LogP contribution in [0.3, 0.4) is 0 Å². The molecule has 0 atom stereocenters. The van der Waals surface area contributed by atoms with Crippen molar-refractivity contribution in [3.63, 3.8) is 0 Å². The summed E-state index contributed by atoms with van der Waals surface area (Å²) in [5, 5.41) is 11.9. The molecule has 3 rings (SSSR count). The number of aliphatic carboxylic acids is 1. The van der Waals surface area contributed by atoms with Crippen LogP contribution in [0.5, 0.6) is 28.7 Å². The Labute approximate surface area is 180 Å². The van der Waals surface area contributed by atoms with Crippen molar-refractivity contribution in [3.8, 4) is 28.7 Å². The van der Waals surface area contributed by atoms with Crippen molar-refractivity contribution in [3.05, 3.63) is 29.3 Å². The van der Waals surface area contributed by atoms with Crippen LogP contribution in [0.4, 0.5) is 0 Å². The number of hydrogen-bond acceptors (Lipinski definition) is 7. The number of carboxylic acid groups (broad SMARTS) is 1. The van der Waals surface area contributed by atoms with Gasteiger partial charge < -0.3 is 33.5 Å². The lowest BCUT2D eigenvalue weighted by atomic mass is 9.93. The van der Waals surface area contributed by atoms with Crippen LogP contribution in [0, 0.1) is 6.92 Å². The van der Waals surface area contributed by atoms with Crippen molar-refractivity contribution >= 4 is 27.5 Å². The maximum atomic E-state index is 10.9. The Bertz CT molecular complexity index is 1140. The highest BCUT2D eigenvalue weighted by Gasteiger charge is 2.25. The van der Waals surface area contributed by atoms with Gasteiger partial charge in [0.2, 0.25) is 0 Å². The molecular formula is C23H26O8. The third kappa shape index (κ3) is 3.74. The summed E-state index contributed by atoms with van der Waals surface area (Å²) in [6.45, 7) is 1.56. The molecular weight excluding hydrogens is 404 g/mol. The first-order chi connectivity index (χ1) is 14.9. The largest absolute Gasteiger partial charge is 0.496 e. The minimum atomic E-state index is -1.04. The number of rotatable bonds is 9. The number of benzene rings is 3. The van der Waals surface area contributed by atoms with Crippen LogP contribution in [0.2, 0.25) is 0 Å². The number of ether oxygens (including phenoxy) is 6. The molecule has 0 aliphatic carbocycles. The van der Waals surface area contributed by atoms with E-state index in [2.05, 4.69) is 0 Å². The lowest BCUT2D eigenvalue weighted by Crippen LogP contribution is -2.08. The summed E-state index contributed by atoms with van der Waals surface area (Å²) in [5.74, 6) is 1.89. The van der Waals surface area contributed by atoms with E-state index < -0.39 is 12.6 Å². The molecule has 0 unspecified atom stereocenters. The summed E-state index contributed by atoms with van der Waals surface area (Å²) < 4.78 is 33.9. The highest BCUT2D eigenvalue weighted by atomic mass is 16.5. The van der Waals surface area contributed by atoms with E-state index in [1.54, 1.807) is 35.5 Å². The Kier molecular flexibility index (Phi) is 6.60. The average molecular weight is 430 g/mol. The lowest BCUT2D eigenvalue weighted by Gasteiger charge is -2.22. The number of methoxy groups -OCH3 is 5. The SMILES string of the molecule is COc1cc2c(OC)c3c(OC)ccc(OC)c3c(OC)c2c(C)c1COCC(=O)O. The zero-order valence-corrected chi connectivity index (χ0v) is 18.5. The van der Waals surface area contributed by atoms with E-state index in [1.807, 2.05) is 25.1 Å². The number of fused-ring (bicyclic) bond motifs is 2. The predicted molar refractivity (Wildman–Crippen MR) is 116 cm³/mol. The van der Waals surface area contributed by atoms with E-state index in [0.717, 1.165) is 21.9 Å². The van der Waals surface area contributed by atoms with Gasteiger partial charge >= 0.3 is 5.97 Å². The van der Waals surface area contributed by atoms with Gasteiger partial charge in [-0.15, -0.1) is 0 Å². The Balaban J connectivity index is 2.49. The van der Waals surface area contributed by atoms with Crippen LogP contribution in [0.25, 0.3) is 21.5 Å². The Morgan fingerprint density at radius 1 is 0.806 bits per heavy atom. The van der Waals surface area contributed by atoms with E-state index in [-0.39, 0.29) is 6.61 Å². The highest BCUT2D eigenvalue weighted by Crippen LogP contribution is 2.52. The molecule has 0 saturated heterocycles. The highest BCUT2D eigenvalue weighted by molar-refractivity contribution is 6.16. The third-order valence-corrected chi connectivity index (χ3v) is 5.26. The second-order valence-electron chi connectivity index (χ2n) is 6.78. The van der Waals surface area contributed by atoms with Gasteiger partial charge in [0.1, 0.15) is 35.4 Å². The predicted octanol–water partition coefficient (Wildman–Crippen LogP) is 3.95. The molecule has 3 aromatic rings. The molecule has 3 aromatic carbocycles. The molecule has 0 radical (unpaired) electrons. The van der Waals surface area contributed by atoms with Gasteiger partial charge in [-0.25, -0.2) is 4.79 Å². The number of carboxylic acids is 1. The number of carbonyl (C=O) groups is 1. The van der Waals surface area contributed by atoms with E-state index in [0.29, 0.717) is 39.5 Å². The van der Waals surface area contributed by atoms with Crippen LogP contribution in [0.1, 0.15) is 11.1 Å². The van der Waals surface area contributed by atoms with E-state index in [9.17, 15) is 4.79 Å². The fourth-order valence-corrected chi connectivity index (χ4v) is 3.93. The molecule has 166 valence electrons. The van der Waals surface area contributed by atoms with Crippen LogP contribution in [0.15, 0.2) is 18.2 Å². The first kappa shape index (κ1) is 22.3. The van der Waals surface area contributed by atoms with Crippen molar-refractivity contribution < 1.29 is 38.3 Å². The van der Waals surface area contributed by atoms with Crippen molar-refractivity contribution in [2.24, 2.45) is 0 Å². The molecule has 0 bridgehead atoms. The summed E-state index contributed by atoms with van der Waals surface area (Å²) in [5.41, 5.74) is 1.54. The Morgan fingerprint density at radius 3 is 1.84 bits per heavy atom. The first-order valence-corrected chi connectivity index (χ1v) is 9.51. The van der Waals surface area contributed by atoms with Gasteiger partial charge in [-0.3, -0.25) is 0 Å². The molecule has 8 heteroatoms. The Hall–Kier alpha value is -3.39. The topological polar surface area (TPSA) is 92.7 Å². The van der Waals surface area contributed by atoms with Crippen molar-refractivity contribution in [1.29, 1.82) is 0 Å². The summed E-state index contributed by atoms with van der Waals surface area (Å²) in [6, 6.07) is 5.46. The third-order valence-electron chi connectivity index (χ3n) is 5.26. The molecule has 0 heterocycles. The van der Waals surface area contributed by atoms with Gasteiger partial charge in [-0.05, 0) is 30.7 Å². The molecule has 0 amide bonds. The minimum absolute atomic E-state index is 0.0655. The van der Waals surface area contributed by atoms with Gasteiger partial charge in [0, 0.05) is 16.3 Å². The second-order valence-corrected chi connectivity index (χ2v) is 6.78. The molecule has 0 aliphatic rings. The Morgan fingerprint density at radius 2 is 1.35 bits per heavy atom. The van der Waals surface area contributed by atoms with Gasteiger partial charge in [0.05, 0.1) is 52.9 Å². The maximum absolute atomic E-state index is 10.9. The zero-order valence-electron chi connectivity index (χ0n) is 18.5. The minimum Gasteiger partial charge on any atom is -0.496 e. The standard InChI is InChI=1S/C23H26O8/c1-12-14(10-31-11-18(24)25)17(28-4)9-13-19(12)23(30-6)21-16(27-3)8-7-15(26-2)20(21)22(13)29-5/h7-9H,10-11H2,1-6H3,(H,24,25). The van der Waals surface area contributed by atoms with Gasteiger partial charge in [0.25, 0.3) is 0 Å². The number of hydrogen-bond donors (Lipinski definition) is 1. The van der Waals surface area contributed by atoms with Crippen LogP contribution in [-0.2, 0) is 16.1 Å². The molecule has 0 saturated carbocycles. The van der Waals surface area contributed by atoms with Crippen molar-refractivity contribution in [1.82, 2.24) is 0 Å². The van der Waals surface area contributed by atoms with E-state index >= 15 is 0 Å². The fraction of sp³-hybridized carbons (Fsp3) is 0.348. The quantitative estimate of drug-likeness (QED) is 0.510.